The first-order valence-corrected chi connectivity index (χ1v) is 7.54. The van der Waals surface area contributed by atoms with Crippen molar-refractivity contribution in [3.8, 4) is 11.1 Å². The van der Waals surface area contributed by atoms with Crippen molar-refractivity contribution in [3.05, 3.63) is 60.2 Å². The van der Waals surface area contributed by atoms with Crippen LogP contribution in [0.1, 0.15) is 31.4 Å². The van der Waals surface area contributed by atoms with Gasteiger partial charge in [-0.05, 0) is 29.5 Å². The van der Waals surface area contributed by atoms with Crippen molar-refractivity contribution >= 4 is 0 Å². The standard InChI is InChI=1S/C18H24N2O/c1-2-13-21-14-12-18(20-19)17-10-8-16(9-11-17)15-6-4-3-5-7-15/h3-11,18,20H,2,12-14,19H2,1H3. The van der Waals surface area contributed by atoms with Crippen LogP contribution < -0.4 is 11.3 Å². The van der Waals surface area contributed by atoms with Gasteiger partial charge in [0, 0.05) is 19.3 Å². The SMILES string of the molecule is CCCOCCC(NN)c1ccc(-c2ccccc2)cc1. The lowest BCUT2D eigenvalue weighted by Gasteiger charge is -2.16. The zero-order valence-corrected chi connectivity index (χ0v) is 12.6. The first kappa shape index (κ1) is 15.7. The molecular formula is C18H24N2O. The summed E-state index contributed by atoms with van der Waals surface area (Å²) >= 11 is 0. The molecule has 0 amide bonds. The van der Waals surface area contributed by atoms with Gasteiger partial charge in [0.25, 0.3) is 0 Å². The van der Waals surface area contributed by atoms with Crippen molar-refractivity contribution in [3.63, 3.8) is 0 Å². The van der Waals surface area contributed by atoms with Crippen LogP contribution in [0, 0.1) is 0 Å². The van der Waals surface area contributed by atoms with Crippen molar-refractivity contribution in [2.24, 2.45) is 5.84 Å². The number of hydrazine groups is 1. The van der Waals surface area contributed by atoms with Crippen LogP contribution in [0.5, 0.6) is 0 Å². The zero-order chi connectivity index (χ0) is 14.9. The first-order chi connectivity index (χ1) is 10.3. The molecule has 2 rings (SSSR count). The average molecular weight is 284 g/mol. The fourth-order valence-electron chi connectivity index (χ4n) is 2.33. The molecule has 0 aromatic heterocycles. The molecule has 3 nitrogen and oxygen atoms in total. The van der Waals surface area contributed by atoms with Crippen LogP contribution >= 0.6 is 0 Å². The lowest BCUT2D eigenvalue weighted by atomic mass is 10.00. The van der Waals surface area contributed by atoms with Gasteiger partial charge in [-0.3, -0.25) is 11.3 Å². The van der Waals surface area contributed by atoms with Crippen LogP contribution in [-0.4, -0.2) is 13.2 Å². The highest BCUT2D eigenvalue weighted by atomic mass is 16.5. The molecule has 1 unspecified atom stereocenters. The van der Waals surface area contributed by atoms with Gasteiger partial charge in [0.05, 0.1) is 0 Å². The maximum atomic E-state index is 5.66. The summed E-state index contributed by atoms with van der Waals surface area (Å²) in [6.45, 7) is 3.65. The molecule has 0 heterocycles. The van der Waals surface area contributed by atoms with E-state index in [9.17, 15) is 0 Å². The zero-order valence-electron chi connectivity index (χ0n) is 12.6. The molecule has 1 atom stereocenters. The molecule has 3 heteroatoms. The maximum Gasteiger partial charge on any atom is 0.0484 e. The maximum absolute atomic E-state index is 5.66. The number of hydrogen-bond donors (Lipinski definition) is 2. The highest BCUT2D eigenvalue weighted by molar-refractivity contribution is 5.63. The lowest BCUT2D eigenvalue weighted by molar-refractivity contribution is 0.124. The molecule has 0 saturated heterocycles. The highest BCUT2D eigenvalue weighted by Gasteiger charge is 2.09. The third-order valence-electron chi connectivity index (χ3n) is 3.52. The monoisotopic (exact) mass is 284 g/mol. The summed E-state index contributed by atoms with van der Waals surface area (Å²) in [4.78, 5) is 0. The third kappa shape index (κ3) is 4.67. The van der Waals surface area contributed by atoms with Gasteiger partial charge < -0.3 is 4.74 Å². The molecule has 2 aromatic rings. The van der Waals surface area contributed by atoms with Crippen LogP contribution in [0.3, 0.4) is 0 Å². The Hall–Kier alpha value is -1.68. The Morgan fingerprint density at radius 3 is 2.24 bits per heavy atom. The molecular weight excluding hydrogens is 260 g/mol. The van der Waals surface area contributed by atoms with Crippen molar-refractivity contribution < 1.29 is 4.74 Å². The van der Waals surface area contributed by atoms with Crippen LogP contribution in [0.4, 0.5) is 0 Å². The van der Waals surface area contributed by atoms with E-state index in [-0.39, 0.29) is 6.04 Å². The number of benzene rings is 2. The molecule has 0 aliphatic rings. The second-order valence-electron chi connectivity index (χ2n) is 5.11. The van der Waals surface area contributed by atoms with Gasteiger partial charge in [-0.2, -0.15) is 0 Å². The van der Waals surface area contributed by atoms with E-state index in [2.05, 4.69) is 60.9 Å². The molecule has 21 heavy (non-hydrogen) atoms. The molecule has 0 bridgehead atoms. The normalized spacial score (nSPS) is 12.3. The molecule has 2 aromatic carbocycles. The van der Waals surface area contributed by atoms with Crippen molar-refractivity contribution in [1.29, 1.82) is 0 Å². The number of nitrogens with two attached hydrogens (primary N) is 1. The summed E-state index contributed by atoms with van der Waals surface area (Å²) in [5.41, 5.74) is 6.52. The Morgan fingerprint density at radius 1 is 0.952 bits per heavy atom. The summed E-state index contributed by atoms with van der Waals surface area (Å²) in [7, 11) is 0. The highest BCUT2D eigenvalue weighted by Crippen LogP contribution is 2.22. The fraction of sp³-hybridized carbons (Fsp3) is 0.333. The predicted molar refractivity (Wildman–Crippen MR) is 87.7 cm³/mol. The minimum Gasteiger partial charge on any atom is -0.381 e. The third-order valence-corrected chi connectivity index (χ3v) is 3.52. The van der Waals surface area contributed by atoms with Crippen LogP contribution in [0.15, 0.2) is 54.6 Å². The quantitative estimate of drug-likeness (QED) is 0.442. The molecule has 0 aliphatic carbocycles. The van der Waals surface area contributed by atoms with E-state index < -0.39 is 0 Å². The average Bonchev–Trinajstić information content (AvgIpc) is 2.56. The van der Waals surface area contributed by atoms with Crippen LogP contribution in [0.2, 0.25) is 0 Å². The number of rotatable bonds is 8. The lowest BCUT2D eigenvalue weighted by Crippen LogP contribution is -2.29. The topological polar surface area (TPSA) is 47.3 Å². The Labute approximate surface area is 127 Å². The van der Waals surface area contributed by atoms with Gasteiger partial charge in [-0.25, -0.2) is 0 Å². The molecule has 0 radical (unpaired) electrons. The van der Waals surface area contributed by atoms with Gasteiger partial charge in [-0.1, -0.05) is 61.5 Å². The second kappa shape index (κ2) is 8.57. The van der Waals surface area contributed by atoms with Crippen molar-refractivity contribution in [2.75, 3.05) is 13.2 Å². The number of ether oxygens (including phenoxy) is 1. The van der Waals surface area contributed by atoms with Crippen LogP contribution in [-0.2, 0) is 4.74 Å². The van der Waals surface area contributed by atoms with E-state index in [1.807, 2.05) is 6.07 Å². The van der Waals surface area contributed by atoms with Gasteiger partial charge in [0.15, 0.2) is 0 Å². The van der Waals surface area contributed by atoms with Crippen molar-refractivity contribution in [1.82, 2.24) is 5.43 Å². The summed E-state index contributed by atoms with van der Waals surface area (Å²) in [5.74, 6) is 5.66. The minimum atomic E-state index is 0.131. The van der Waals surface area contributed by atoms with E-state index in [0.717, 1.165) is 26.1 Å². The second-order valence-corrected chi connectivity index (χ2v) is 5.11. The summed E-state index contributed by atoms with van der Waals surface area (Å²) in [6.07, 6.45) is 1.92. The molecule has 0 aliphatic heterocycles. The van der Waals surface area contributed by atoms with Gasteiger partial charge in [0.2, 0.25) is 0 Å². The van der Waals surface area contributed by atoms with E-state index in [4.69, 9.17) is 10.6 Å². The molecule has 0 saturated carbocycles. The van der Waals surface area contributed by atoms with E-state index in [1.165, 1.54) is 16.7 Å². The van der Waals surface area contributed by atoms with Gasteiger partial charge in [-0.15, -0.1) is 0 Å². The van der Waals surface area contributed by atoms with Crippen LogP contribution in [0.25, 0.3) is 11.1 Å². The fourth-order valence-corrected chi connectivity index (χ4v) is 2.33. The first-order valence-electron chi connectivity index (χ1n) is 7.54. The Morgan fingerprint density at radius 2 is 1.62 bits per heavy atom. The Kier molecular flexibility index (Phi) is 6.41. The summed E-state index contributed by atoms with van der Waals surface area (Å²) < 4.78 is 5.53. The minimum absolute atomic E-state index is 0.131. The smallest absolute Gasteiger partial charge is 0.0484 e. The summed E-state index contributed by atoms with van der Waals surface area (Å²) in [6, 6.07) is 19.0. The summed E-state index contributed by atoms with van der Waals surface area (Å²) in [5, 5.41) is 0. The van der Waals surface area contributed by atoms with Gasteiger partial charge in [0.1, 0.15) is 0 Å². The van der Waals surface area contributed by atoms with E-state index in [0.29, 0.717) is 0 Å². The Bertz CT molecular complexity index is 511. The predicted octanol–water partition coefficient (Wildman–Crippen LogP) is 3.67. The number of nitrogens with one attached hydrogen (secondary N) is 1. The molecule has 112 valence electrons. The molecule has 0 spiro atoms. The Balaban J connectivity index is 1.99. The number of hydrogen-bond acceptors (Lipinski definition) is 3. The largest absolute Gasteiger partial charge is 0.381 e. The van der Waals surface area contributed by atoms with Gasteiger partial charge >= 0.3 is 0 Å². The van der Waals surface area contributed by atoms with E-state index >= 15 is 0 Å². The molecule has 0 fully saturated rings. The molecule has 3 N–H and O–H groups in total. The van der Waals surface area contributed by atoms with Crippen molar-refractivity contribution in [2.45, 2.75) is 25.8 Å². The van der Waals surface area contributed by atoms with E-state index in [1.54, 1.807) is 0 Å².